The molecule has 7 nitrogen and oxygen atoms in total. The standard InChI is InChI=1S/C24H29N5O2S/c1-17-8-10-18(11-9-17)23-26-27-24(32)29(23)16-22(30)25-15-21(28-12-3-4-13-28)19-6-5-7-20(14-19)31-2/h5-11,14,21H,3-4,12-13,15-16H2,1-2H3,(H,25,30)(H,27,32). The number of carbonyl (C=O) groups is 1. The Morgan fingerprint density at radius 1 is 1.22 bits per heavy atom. The summed E-state index contributed by atoms with van der Waals surface area (Å²) in [5.74, 6) is 1.39. The van der Waals surface area contributed by atoms with Crippen molar-refractivity contribution < 1.29 is 9.53 Å². The monoisotopic (exact) mass is 451 g/mol. The van der Waals surface area contributed by atoms with Crippen LogP contribution in [0.15, 0.2) is 48.5 Å². The maximum Gasteiger partial charge on any atom is 0.240 e. The number of hydrogen-bond acceptors (Lipinski definition) is 5. The van der Waals surface area contributed by atoms with Gasteiger partial charge in [0.15, 0.2) is 10.6 Å². The van der Waals surface area contributed by atoms with Gasteiger partial charge in [-0.1, -0.05) is 42.0 Å². The molecule has 0 bridgehead atoms. The number of amides is 1. The summed E-state index contributed by atoms with van der Waals surface area (Å²) >= 11 is 5.39. The summed E-state index contributed by atoms with van der Waals surface area (Å²) < 4.78 is 7.58. The Bertz CT molecular complexity index is 1120. The number of rotatable bonds is 8. The van der Waals surface area contributed by atoms with E-state index in [0.717, 1.165) is 35.5 Å². The first kappa shape index (κ1) is 22.2. The van der Waals surface area contributed by atoms with Gasteiger partial charge in [-0.15, -0.1) is 0 Å². The van der Waals surface area contributed by atoms with Crippen molar-refractivity contribution in [2.75, 3.05) is 26.7 Å². The lowest BCUT2D eigenvalue weighted by Gasteiger charge is -2.28. The number of aromatic nitrogens is 3. The number of benzene rings is 2. The third kappa shape index (κ3) is 5.08. The lowest BCUT2D eigenvalue weighted by molar-refractivity contribution is -0.121. The van der Waals surface area contributed by atoms with Crippen LogP contribution in [-0.4, -0.2) is 52.3 Å². The number of methoxy groups -OCH3 is 1. The van der Waals surface area contributed by atoms with Crippen molar-refractivity contribution in [3.63, 3.8) is 0 Å². The van der Waals surface area contributed by atoms with Gasteiger partial charge in [0.05, 0.1) is 13.2 Å². The molecule has 2 N–H and O–H groups in total. The number of nitrogens with zero attached hydrogens (tertiary/aromatic N) is 3. The van der Waals surface area contributed by atoms with E-state index in [1.165, 1.54) is 12.8 Å². The largest absolute Gasteiger partial charge is 0.497 e. The predicted molar refractivity (Wildman–Crippen MR) is 127 cm³/mol. The molecule has 0 aliphatic carbocycles. The first-order valence-corrected chi connectivity index (χ1v) is 11.3. The van der Waals surface area contributed by atoms with Gasteiger partial charge in [0.1, 0.15) is 12.3 Å². The maximum atomic E-state index is 12.9. The van der Waals surface area contributed by atoms with Gasteiger partial charge in [0.2, 0.25) is 5.91 Å². The van der Waals surface area contributed by atoms with Gasteiger partial charge >= 0.3 is 0 Å². The van der Waals surface area contributed by atoms with E-state index in [4.69, 9.17) is 17.0 Å². The fraction of sp³-hybridized carbons (Fsp3) is 0.375. The molecule has 0 spiro atoms. The first-order chi connectivity index (χ1) is 15.5. The average molecular weight is 452 g/mol. The molecule has 2 heterocycles. The summed E-state index contributed by atoms with van der Waals surface area (Å²) in [5, 5.41) is 10.3. The van der Waals surface area contributed by atoms with E-state index in [1.807, 2.05) is 43.3 Å². The molecule has 168 valence electrons. The molecule has 1 aliphatic heterocycles. The number of likely N-dealkylation sites (tertiary alicyclic amines) is 1. The normalized spacial score (nSPS) is 14.9. The molecule has 2 aromatic carbocycles. The first-order valence-electron chi connectivity index (χ1n) is 10.9. The zero-order valence-electron chi connectivity index (χ0n) is 18.5. The molecule has 1 atom stereocenters. The Morgan fingerprint density at radius 2 is 1.97 bits per heavy atom. The number of aryl methyl sites for hydroxylation is 1. The lowest BCUT2D eigenvalue weighted by Crippen LogP contribution is -2.38. The lowest BCUT2D eigenvalue weighted by atomic mass is 10.0. The van der Waals surface area contributed by atoms with Crippen LogP contribution >= 0.6 is 12.2 Å². The van der Waals surface area contributed by atoms with Gasteiger partial charge in [-0.25, -0.2) is 0 Å². The van der Waals surface area contributed by atoms with Gasteiger partial charge < -0.3 is 10.1 Å². The quantitative estimate of drug-likeness (QED) is 0.509. The third-order valence-electron chi connectivity index (χ3n) is 5.92. The molecule has 1 unspecified atom stereocenters. The van der Waals surface area contributed by atoms with E-state index in [0.29, 0.717) is 17.1 Å². The number of nitrogens with one attached hydrogen (secondary N) is 2. The van der Waals surface area contributed by atoms with Gasteiger partial charge in [-0.05, 0) is 62.8 Å². The highest BCUT2D eigenvalue weighted by Gasteiger charge is 2.24. The molecule has 0 saturated carbocycles. The fourth-order valence-electron chi connectivity index (χ4n) is 4.16. The van der Waals surface area contributed by atoms with Crippen LogP contribution in [0.1, 0.15) is 30.0 Å². The Hall–Kier alpha value is -2.97. The second-order valence-electron chi connectivity index (χ2n) is 8.14. The average Bonchev–Trinajstić information content (AvgIpc) is 3.46. The molecule has 1 fully saturated rings. The van der Waals surface area contributed by atoms with Crippen molar-refractivity contribution in [1.82, 2.24) is 25.0 Å². The number of H-pyrrole nitrogens is 1. The summed E-state index contributed by atoms with van der Waals surface area (Å²) in [6, 6.07) is 16.2. The summed E-state index contributed by atoms with van der Waals surface area (Å²) in [4.78, 5) is 15.3. The minimum atomic E-state index is -0.0945. The van der Waals surface area contributed by atoms with Crippen molar-refractivity contribution in [2.45, 2.75) is 32.4 Å². The Morgan fingerprint density at radius 3 is 2.69 bits per heavy atom. The van der Waals surface area contributed by atoms with E-state index >= 15 is 0 Å². The number of aromatic amines is 1. The summed E-state index contributed by atoms with van der Waals surface area (Å²) in [5.41, 5.74) is 3.23. The number of carbonyl (C=O) groups excluding carboxylic acids is 1. The minimum absolute atomic E-state index is 0.0945. The maximum absolute atomic E-state index is 12.9. The molecule has 8 heteroatoms. The van der Waals surface area contributed by atoms with Crippen LogP contribution in [0.3, 0.4) is 0 Å². The van der Waals surface area contributed by atoms with Crippen LogP contribution in [0.2, 0.25) is 0 Å². The molecular formula is C24H29N5O2S. The summed E-state index contributed by atoms with van der Waals surface area (Å²) in [7, 11) is 1.67. The Labute approximate surface area is 193 Å². The van der Waals surface area contributed by atoms with Gasteiger partial charge in [-0.2, -0.15) is 5.10 Å². The van der Waals surface area contributed by atoms with E-state index in [2.05, 4.69) is 32.5 Å². The molecule has 4 rings (SSSR count). The van der Waals surface area contributed by atoms with Gasteiger partial charge in [0, 0.05) is 12.1 Å². The zero-order chi connectivity index (χ0) is 22.5. The molecule has 0 radical (unpaired) electrons. The minimum Gasteiger partial charge on any atom is -0.497 e. The molecule has 1 aromatic heterocycles. The third-order valence-corrected chi connectivity index (χ3v) is 6.23. The van der Waals surface area contributed by atoms with Crippen molar-refractivity contribution in [2.24, 2.45) is 0 Å². The highest BCUT2D eigenvalue weighted by atomic mass is 32.1. The smallest absolute Gasteiger partial charge is 0.240 e. The zero-order valence-corrected chi connectivity index (χ0v) is 19.3. The second-order valence-corrected chi connectivity index (χ2v) is 8.53. The Kier molecular flexibility index (Phi) is 7.02. The van der Waals surface area contributed by atoms with Crippen LogP contribution in [0.5, 0.6) is 5.75 Å². The SMILES string of the molecule is COc1cccc(C(CNC(=O)Cn2c(-c3ccc(C)cc3)n[nH]c2=S)N2CCCC2)c1. The molecular weight excluding hydrogens is 422 g/mol. The fourth-order valence-corrected chi connectivity index (χ4v) is 4.35. The second kappa shape index (κ2) is 10.1. The molecule has 1 amide bonds. The van der Waals surface area contributed by atoms with Crippen molar-refractivity contribution in [3.8, 4) is 17.1 Å². The van der Waals surface area contributed by atoms with E-state index in [9.17, 15) is 4.79 Å². The molecule has 32 heavy (non-hydrogen) atoms. The van der Waals surface area contributed by atoms with Crippen molar-refractivity contribution >= 4 is 18.1 Å². The molecule has 1 aliphatic rings. The summed E-state index contributed by atoms with van der Waals surface area (Å²) in [6.45, 7) is 4.73. The van der Waals surface area contributed by atoms with Crippen LogP contribution in [0.25, 0.3) is 11.4 Å². The van der Waals surface area contributed by atoms with E-state index in [1.54, 1.807) is 11.7 Å². The number of hydrogen-bond donors (Lipinski definition) is 2. The molecule has 3 aromatic rings. The van der Waals surface area contributed by atoms with E-state index < -0.39 is 0 Å². The molecule has 1 saturated heterocycles. The van der Waals surface area contributed by atoms with E-state index in [-0.39, 0.29) is 18.5 Å². The van der Waals surface area contributed by atoms with Gasteiger partial charge in [-0.3, -0.25) is 19.4 Å². The van der Waals surface area contributed by atoms with Crippen molar-refractivity contribution in [3.05, 3.63) is 64.4 Å². The van der Waals surface area contributed by atoms with Crippen molar-refractivity contribution in [1.29, 1.82) is 0 Å². The van der Waals surface area contributed by atoms with Crippen LogP contribution in [0.4, 0.5) is 0 Å². The van der Waals surface area contributed by atoms with Gasteiger partial charge in [0.25, 0.3) is 0 Å². The van der Waals surface area contributed by atoms with Crippen LogP contribution in [0, 0.1) is 11.7 Å². The highest BCUT2D eigenvalue weighted by molar-refractivity contribution is 7.71. The number of ether oxygens (including phenoxy) is 1. The summed E-state index contributed by atoms with van der Waals surface area (Å²) in [6.07, 6.45) is 2.36. The van der Waals surface area contributed by atoms with Crippen LogP contribution < -0.4 is 10.1 Å². The topological polar surface area (TPSA) is 75.2 Å². The predicted octanol–water partition coefficient (Wildman–Crippen LogP) is 3.88. The van der Waals surface area contributed by atoms with Crippen LogP contribution in [-0.2, 0) is 11.3 Å². The highest BCUT2D eigenvalue weighted by Crippen LogP contribution is 2.27. The Balaban J connectivity index is 1.48.